The number of nitrogens with one attached hydrogen (secondary N) is 1. The van der Waals surface area contributed by atoms with Crippen molar-refractivity contribution in [3.8, 4) is 11.5 Å². The summed E-state index contributed by atoms with van der Waals surface area (Å²) in [6.45, 7) is 4.15. The maximum atomic E-state index is 13.2. The van der Waals surface area contributed by atoms with Gasteiger partial charge in [-0.05, 0) is 37.6 Å². The number of fused-ring (bicyclic) bond motifs is 1. The van der Waals surface area contributed by atoms with Crippen LogP contribution in [-0.2, 0) is 0 Å². The number of rotatable bonds is 5. The molecule has 3 rings (SSSR count). The van der Waals surface area contributed by atoms with Gasteiger partial charge in [-0.3, -0.25) is 4.79 Å². The molecule has 1 heterocycles. The molecule has 0 radical (unpaired) electrons. The van der Waals surface area contributed by atoms with Gasteiger partial charge < -0.3 is 19.7 Å². The predicted molar refractivity (Wildman–Crippen MR) is 106 cm³/mol. The van der Waals surface area contributed by atoms with E-state index in [1.165, 1.54) is 0 Å². The highest BCUT2D eigenvalue weighted by Crippen LogP contribution is 2.41. The van der Waals surface area contributed by atoms with Crippen molar-refractivity contribution in [2.24, 2.45) is 0 Å². The van der Waals surface area contributed by atoms with E-state index in [1.54, 1.807) is 14.2 Å². The molecule has 1 aliphatic rings. The van der Waals surface area contributed by atoms with E-state index in [2.05, 4.69) is 35.1 Å². The molecule has 26 heavy (non-hydrogen) atoms. The molecule has 0 bridgehead atoms. The SMILES string of the molecule is CC[C@@H](C)N1C(=O)c2ccccc2N[C@@H]1c1cc(OC)c(OC)cc1Br. The molecule has 0 saturated heterocycles. The highest BCUT2D eigenvalue weighted by atomic mass is 79.9. The van der Waals surface area contributed by atoms with Crippen LogP contribution in [-0.4, -0.2) is 31.1 Å². The summed E-state index contributed by atoms with van der Waals surface area (Å²) in [5.41, 5.74) is 2.45. The second-order valence-electron chi connectivity index (χ2n) is 6.29. The van der Waals surface area contributed by atoms with E-state index in [9.17, 15) is 4.79 Å². The lowest BCUT2D eigenvalue weighted by atomic mass is 10.0. The summed E-state index contributed by atoms with van der Waals surface area (Å²) in [5.74, 6) is 1.30. The minimum absolute atomic E-state index is 0.0281. The number of amides is 1. The maximum absolute atomic E-state index is 13.2. The second kappa shape index (κ2) is 7.58. The van der Waals surface area contributed by atoms with E-state index in [4.69, 9.17) is 9.47 Å². The van der Waals surface area contributed by atoms with Crippen molar-refractivity contribution in [2.45, 2.75) is 32.5 Å². The Bertz CT molecular complexity index is 825. The summed E-state index contributed by atoms with van der Waals surface area (Å²) in [6, 6.07) is 11.5. The van der Waals surface area contributed by atoms with Gasteiger partial charge in [0.2, 0.25) is 0 Å². The van der Waals surface area contributed by atoms with Gasteiger partial charge in [0.05, 0.1) is 19.8 Å². The molecule has 1 N–H and O–H groups in total. The van der Waals surface area contributed by atoms with Gasteiger partial charge in [0.15, 0.2) is 11.5 Å². The van der Waals surface area contributed by atoms with Crippen molar-refractivity contribution in [3.63, 3.8) is 0 Å². The van der Waals surface area contributed by atoms with Gasteiger partial charge in [0.25, 0.3) is 5.91 Å². The monoisotopic (exact) mass is 418 g/mol. The van der Waals surface area contributed by atoms with E-state index >= 15 is 0 Å². The fourth-order valence-corrected chi connectivity index (χ4v) is 3.77. The number of halogens is 1. The quantitative estimate of drug-likeness (QED) is 0.754. The van der Waals surface area contributed by atoms with Gasteiger partial charge in [0, 0.05) is 21.8 Å². The molecule has 6 heteroatoms. The van der Waals surface area contributed by atoms with Crippen molar-refractivity contribution in [2.75, 3.05) is 19.5 Å². The minimum Gasteiger partial charge on any atom is -0.493 e. The zero-order chi connectivity index (χ0) is 18.8. The first-order chi connectivity index (χ1) is 12.5. The van der Waals surface area contributed by atoms with Gasteiger partial charge in [-0.15, -0.1) is 0 Å². The van der Waals surface area contributed by atoms with Gasteiger partial charge >= 0.3 is 0 Å². The summed E-state index contributed by atoms with van der Waals surface area (Å²) in [5, 5.41) is 3.52. The topological polar surface area (TPSA) is 50.8 Å². The van der Waals surface area contributed by atoms with E-state index in [0.717, 1.165) is 22.1 Å². The van der Waals surface area contributed by atoms with Crippen LogP contribution in [0.15, 0.2) is 40.9 Å². The maximum Gasteiger partial charge on any atom is 0.258 e. The summed E-state index contributed by atoms with van der Waals surface area (Å²) in [4.78, 5) is 15.1. The van der Waals surface area contributed by atoms with Crippen LogP contribution in [0.5, 0.6) is 11.5 Å². The molecule has 2 atom stereocenters. The summed E-state index contributed by atoms with van der Waals surface area (Å²) in [7, 11) is 3.21. The van der Waals surface area contributed by atoms with Crippen molar-refractivity contribution < 1.29 is 14.3 Å². The summed E-state index contributed by atoms with van der Waals surface area (Å²) < 4.78 is 11.7. The second-order valence-corrected chi connectivity index (χ2v) is 7.15. The highest BCUT2D eigenvalue weighted by Gasteiger charge is 2.36. The molecule has 0 unspecified atom stereocenters. The Morgan fingerprint density at radius 1 is 1.19 bits per heavy atom. The third-order valence-electron chi connectivity index (χ3n) is 4.83. The number of para-hydroxylation sites is 1. The first-order valence-electron chi connectivity index (χ1n) is 8.61. The van der Waals surface area contributed by atoms with E-state index in [-0.39, 0.29) is 18.1 Å². The zero-order valence-corrected chi connectivity index (χ0v) is 17.0. The number of carbonyl (C=O) groups is 1. The third-order valence-corrected chi connectivity index (χ3v) is 5.51. The van der Waals surface area contributed by atoms with Crippen molar-refractivity contribution in [1.82, 2.24) is 4.90 Å². The van der Waals surface area contributed by atoms with Gasteiger partial charge in [0.1, 0.15) is 6.17 Å². The molecule has 0 spiro atoms. The number of nitrogens with zero attached hydrogens (tertiary/aromatic N) is 1. The van der Waals surface area contributed by atoms with E-state index < -0.39 is 0 Å². The van der Waals surface area contributed by atoms with Gasteiger partial charge in [-0.2, -0.15) is 0 Å². The summed E-state index contributed by atoms with van der Waals surface area (Å²) in [6.07, 6.45) is 0.554. The lowest BCUT2D eigenvalue weighted by molar-refractivity contribution is 0.0592. The molecular formula is C20H23BrN2O3. The fraction of sp³-hybridized carbons (Fsp3) is 0.350. The lowest BCUT2D eigenvalue weighted by Gasteiger charge is -2.42. The predicted octanol–water partition coefficient (Wildman–Crippen LogP) is 4.83. The Balaban J connectivity index is 2.14. The Kier molecular flexibility index (Phi) is 5.41. The normalized spacial score (nSPS) is 17.3. The van der Waals surface area contributed by atoms with Crippen LogP contribution in [0, 0.1) is 0 Å². The average Bonchev–Trinajstić information content (AvgIpc) is 2.67. The molecular weight excluding hydrogens is 396 g/mol. The number of benzene rings is 2. The van der Waals surface area contributed by atoms with Crippen LogP contribution in [0.1, 0.15) is 42.4 Å². The standard InChI is InChI=1S/C20H23BrN2O3/c1-5-12(2)23-19(22-16-9-7-6-8-13(16)20(23)24)14-10-17(25-3)18(26-4)11-15(14)21/h6-12,19,22H,5H2,1-4H3/t12-,19+/m1/s1. The first kappa shape index (κ1) is 18.6. The van der Waals surface area contributed by atoms with Crippen molar-refractivity contribution in [3.05, 3.63) is 52.0 Å². The molecule has 1 aliphatic heterocycles. The van der Waals surface area contributed by atoms with Gasteiger partial charge in [-0.1, -0.05) is 35.0 Å². The van der Waals surface area contributed by atoms with Crippen molar-refractivity contribution >= 4 is 27.5 Å². The molecule has 0 saturated carbocycles. The molecule has 5 nitrogen and oxygen atoms in total. The minimum atomic E-state index is -0.304. The van der Waals surface area contributed by atoms with Crippen LogP contribution >= 0.6 is 15.9 Å². The lowest BCUT2D eigenvalue weighted by Crippen LogP contribution is -2.47. The molecule has 1 amide bonds. The Hall–Kier alpha value is -2.21. The fourth-order valence-electron chi connectivity index (χ4n) is 3.23. The van der Waals surface area contributed by atoms with Crippen molar-refractivity contribution in [1.29, 1.82) is 0 Å². The molecule has 2 aromatic carbocycles. The Labute approximate surface area is 162 Å². The smallest absolute Gasteiger partial charge is 0.258 e. The number of ether oxygens (including phenoxy) is 2. The third kappa shape index (κ3) is 3.14. The van der Waals surface area contributed by atoms with Crippen LogP contribution in [0.3, 0.4) is 0 Å². The number of hydrogen-bond acceptors (Lipinski definition) is 4. The Morgan fingerprint density at radius 2 is 1.85 bits per heavy atom. The highest BCUT2D eigenvalue weighted by molar-refractivity contribution is 9.10. The van der Waals surface area contributed by atoms with Crippen LogP contribution < -0.4 is 14.8 Å². The van der Waals surface area contributed by atoms with E-state index in [0.29, 0.717) is 17.1 Å². The molecule has 0 aliphatic carbocycles. The number of methoxy groups -OCH3 is 2. The van der Waals surface area contributed by atoms with E-state index in [1.807, 2.05) is 41.3 Å². The average molecular weight is 419 g/mol. The summed E-state index contributed by atoms with van der Waals surface area (Å²) >= 11 is 3.63. The largest absolute Gasteiger partial charge is 0.493 e. The number of carbonyl (C=O) groups excluding carboxylic acids is 1. The molecule has 2 aromatic rings. The number of anilines is 1. The van der Waals surface area contributed by atoms with Crippen LogP contribution in [0.25, 0.3) is 0 Å². The van der Waals surface area contributed by atoms with Crippen LogP contribution in [0.2, 0.25) is 0 Å². The first-order valence-corrected chi connectivity index (χ1v) is 9.40. The van der Waals surface area contributed by atoms with Crippen LogP contribution in [0.4, 0.5) is 5.69 Å². The molecule has 0 fully saturated rings. The van der Waals surface area contributed by atoms with Gasteiger partial charge in [-0.25, -0.2) is 0 Å². The molecule has 138 valence electrons. The molecule has 0 aromatic heterocycles. The Morgan fingerprint density at radius 3 is 2.50 bits per heavy atom. The zero-order valence-electron chi connectivity index (χ0n) is 15.4. The number of hydrogen-bond donors (Lipinski definition) is 1.